The zero-order valence-corrected chi connectivity index (χ0v) is 14.7. The van der Waals surface area contributed by atoms with Gasteiger partial charge in [-0.15, -0.1) is 11.3 Å². The number of aromatic amines is 1. The minimum Gasteiger partial charge on any atom is -0.344 e. The maximum Gasteiger partial charge on any atom is 0.268 e. The summed E-state index contributed by atoms with van der Waals surface area (Å²) in [7, 11) is 0. The van der Waals surface area contributed by atoms with E-state index in [0.717, 1.165) is 16.1 Å². The predicted octanol–water partition coefficient (Wildman–Crippen LogP) is 3.21. The monoisotopic (exact) mass is 341 g/mol. The molecule has 3 rings (SSSR count). The fourth-order valence-electron chi connectivity index (χ4n) is 2.32. The van der Waals surface area contributed by atoms with Gasteiger partial charge in [-0.2, -0.15) is 0 Å². The van der Waals surface area contributed by atoms with Crippen molar-refractivity contribution in [3.8, 4) is 0 Å². The Kier molecular flexibility index (Phi) is 4.24. The zero-order chi connectivity index (χ0) is 17.3. The summed E-state index contributed by atoms with van der Waals surface area (Å²) in [6.07, 6.45) is 0. The first kappa shape index (κ1) is 16.4. The predicted molar refractivity (Wildman–Crippen MR) is 96.6 cm³/mol. The van der Waals surface area contributed by atoms with Crippen molar-refractivity contribution in [1.29, 1.82) is 0 Å². The van der Waals surface area contributed by atoms with E-state index in [2.05, 4.69) is 36.1 Å². The second kappa shape index (κ2) is 6.20. The number of carbonyl (C=O) groups excluding carboxylic acids is 1. The molecule has 0 unspecified atom stereocenters. The van der Waals surface area contributed by atoms with Crippen LogP contribution in [0.2, 0.25) is 0 Å². The molecule has 2 heterocycles. The van der Waals surface area contributed by atoms with E-state index in [4.69, 9.17) is 0 Å². The number of carbonyl (C=O) groups is 1. The van der Waals surface area contributed by atoms with Crippen LogP contribution in [0.3, 0.4) is 0 Å². The van der Waals surface area contributed by atoms with E-state index in [0.29, 0.717) is 11.9 Å². The molecule has 0 aliphatic rings. The molecule has 1 aromatic carbocycles. The van der Waals surface area contributed by atoms with Crippen molar-refractivity contribution in [2.24, 2.45) is 0 Å². The topological polar surface area (TPSA) is 74.8 Å². The lowest BCUT2D eigenvalue weighted by Gasteiger charge is -2.14. The highest BCUT2D eigenvalue weighted by Crippen LogP contribution is 2.23. The fourth-order valence-corrected chi connectivity index (χ4v) is 3.28. The van der Waals surface area contributed by atoms with Gasteiger partial charge in [-0.1, -0.05) is 39.0 Å². The molecule has 0 radical (unpaired) electrons. The molecule has 24 heavy (non-hydrogen) atoms. The van der Waals surface area contributed by atoms with Crippen molar-refractivity contribution < 1.29 is 4.79 Å². The maximum atomic E-state index is 12.3. The van der Waals surface area contributed by atoms with Gasteiger partial charge in [0, 0.05) is 16.2 Å². The molecule has 6 heteroatoms. The summed E-state index contributed by atoms with van der Waals surface area (Å²) in [6.45, 7) is 6.65. The average molecular weight is 341 g/mol. The van der Waals surface area contributed by atoms with Gasteiger partial charge in [0.25, 0.3) is 11.5 Å². The van der Waals surface area contributed by atoms with Crippen LogP contribution in [0.1, 0.15) is 42.0 Å². The van der Waals surface area contributed by atoms with E-state index in [-0.39, 0.29) is 22.6 Å². The molecule has 2 aromatic heterocycles. The van der Waals surface area contributed by atoms with Crippen LogP contribution in [0.25, 0.3) is 10.8 Å². The number of aromatic nitrogens is 2. The normalized spacial score (nSPS) is 11.6. The van der Waals surface area contributed by atoms with E-state index in [1.807, 2.05) is 17.5 Å². The second-order valence-electron chi connectivity index (χ2n) is 6.66. The number of rotatable bonds is 3. The Morgan fingerprint density at radius 3 is 2.75 bits per heavy atom. The summed E-state index contributed by atoms with van der Waals surface area (Å²) in [5, 5.41) is 6.99. The number of thiazole rings is 1. The van der Waals surface area contributed by atoms with Gasteiger partial charge in [0.05, 0.1) is 12.2 Å². The van der Waals surface area contributed by atoms with Gasteiger partial charge in [-0.05, 0) is 17.5 Å². The quantitative estimate of drug-likeness (QED) is 0.768. The molecule has 0 bridgehead atoms. The van der Waals surface area contributed by atoms with Crippen LogP contribution in [0, 0.1) is 0 Å². The van der Waals surface area contributed by atoms with Crippen LogP contribution >= 0.6 is 11.3 Å². The zero-order valence-electron chi connectivity index (χ0n) is 13.8. The standard InChI is InChI=1S/C18H19N3O2S/c1-18(2,3)14-10-24-15(21-14)9-19-17(23)13-8-11-6-4-5-7-12(11)16(22)20-13/h4-8,10H,9H2,1-3H3,(H,19,23)(H,20,22). The number of nitrogens with zero attached hydrogens (tertiary/aromatic N) is 1. The summed E-state index contributed by atoms with van der Waals surface area (Å²) >= 11 is 1.52. The molecule has 2 N–H and O–H groups in total. The molecule has 124 valence electrons. The highest BCUT2D eigenvalue weighted by atomic mass is 32.1. The first-order valence-electron chi connectivity index (χ1n) is 7.70. The first-order valence-corrected chi connectivity index (χ1v) is 8.58. The molecule has 0 fully saturated rings. The summed E-state index contributed by atoms with van der Waals surface area (Å²) < 4.78 is 0. The van der Waals surface area contributed by atoms with Gasteiger partial charge in [0.1, 0.15) is 10.7 Å². The number of H-pyrrole nitrogens is 1. The van der Waals surface area contributed by atoms with Crippen LogP contribution in [0.4, 0.5) is 0 Å². The van der Waals surface area contributed by atoms with Crippen molar-refractivity contribution in [2.75, 3.05) is 0 Å². The molecule has 5 nitrogen and oxygen atoms in total. The van der Waals surface area contributed by atoms with Crippen LogP contribution in [-0.4, -0.2) is 15.9 Å². The molecule has 0 atom stereocenters. The lowest BCUT2D eigenvalue weighted by Crippen LogP contribution is -2.26. The molecular weight excluding hydrogens is 322 g/mol. The third kappa shape index (κ3) is 3.38. The minimum atomic E-state index is -0.314. The average Bonchev–Trinajstić information content (AvgIpc) is 3.02. The number of hydrogen-bond acceptors (Lipinski definition) is 4. The van der Waals surface area contributed by atoms with E-state index >= 15 is 0 Å². The number of amides is 1. The third-order valence-electron chi connectivity index (χ3n) is 3.72. The van der Waals surface area contributed by atoms with Crippen LogP contribution in [-0.2, 0) is 12.0 Å². The Labute approximate surface area is 143 Å². The van der Waals surface area contributed by atoms with Crippen LogP contribution in [0.5, 0.6) is 0 Å². The largest absolute Gasteiger partial charge is 0.344 e. The number of nitrogens with one attached hydrogen (secondary N) is 2. The van der Waals surface area contributed by atoms with Crippen molar-refractivity contribution in [3.63, 3.8) is 0 Å². The highest BCUT2D eigenvalue weighted by Gasteiger charge is 2.17. The molecule has 0 aliphatic heterocycles. The summed E-state index contributed by atoms with van der Waals surface area (Å²) in [4.78, 5) is 31.5. The Balaban J connectivity index is 1.76. The number of benzene rings is 1. The minimum absolute atomic E-state index is 0.0116. The summed E-state index contributed by atoms with van der Waals surface area (Å²) in [5.41, 5.74) is 0.993. The van der Waals surface area contributed by atoms with E-state index in [9.17, 15) is 9.59 Å². The van der Waals surface area contributed by atoms with E-state index < -0.39 is 0 Å². The Hall–Kier alpha value is -2.47. The van der Waals surface area contributed by atoms with Gasteiger partial charge < -0.3 is 10.3 Å². The number of fused-ring (bicyclic) bond motifs is 1. The Bertz CT molecular complexity index is 951. The molecule has 3 aromatic rings. The van der Waals surface area contributed by atoms with Crippen LogP contribution in [0.15, 0.2) is 40.5 Å². The lowest BCUT2D eigenvalue weighted by molar-refractivity contribution is 0.0946. The van der Waals surface area contributed by atoms with E-state index in [1.54, 1.807) is 18.2 Å². The number of pyridine rings is 1. The molecule has 0 spiro atoms. The molecule has 0 aliphatic carbocycles. The van der Waals surface area contributed by atoms with Gasteiger partial charge in [0.15, 0.2) is 0 Å². The SMILES string of the molecule is CC(C)(C)c1csc(CNC(=O)c2cc3ccccc3c(=O)[nH]2)n1. The third-order valence-corrected chi connectivity index (χ3v) is 4.57. The maximum absolute atomic E-state index is 12.3. The van der Waals surface area contributed by atoms with Gasteiger partial charge >= 0.3 is 0 Å². The van der Waals surface area contributed by atoms with Crippen molar-refractivity contribution in [2.45, 2.75) is 32.7 Å². The molecule has 1 amide bonds. The first-order chi connectivity index (χ1) is 11.3. The Morgan fingerprint density at radius 1 is 1.29 bits per heavy atom. The fraction of sp³-hybridized carbons (Fsp3) is 0.278. The van der Waals surface area contributed by atoms with Gasteiger partial charge in [-0.25, -0.2) is 4.98 Å². The Morgan fingerprint density at radius 2 is 2.04 bits per heavy atom. The summed E-state index contributed by atoms with van der Waals surface area (Å²) in [6, 6.07) is 8.88. The summed E-state index contributed by atoms with van der Waals surface area (Å²) in [5.74, 6) is -0.314. The number of hydrogen-bond donors (Lipinski definition) is 2. The molecule has 0 saturated carbocycles. The van der Waals surface area contributed by atoms with Gasteiger partial charge in [0.2, 0.25) is 0 Å². The molecular formula is C18H19N3O2S. The van der Waals surface area contributed by atoms with Crippen molar-refractivity contribution in [3.05, 3.63) is 62.5 Å². The second-order valence-corrected chi connectivity index (χ2v) is 7.60. The molecule has 0 saturated heterocycles. The van der Waals surface area contributed by atoms with Crippen molar-refractivity contribution >= 4 is 28.0 Å². The van der Waals surface area contributed by atoms with Crippen molar-refractivity contribution in [1.82, 2.24) is 15.3 Å². The van der Waals surface area contributed by atoms with Crippen LogP contribution < -0.4 is 10.9 Å². The highest BCUT2D eigenvalue weighted by molar-refractivity contribution is 7.09. The lowest BCUT2D eigenvalue weighted by atomic mass is 9.93. The smallest absolute Gasteiger partial charge is 0.268 e. The van der Waals surface area contributed by atoms with E-state index in [1.165, 1.54) is 11.3 Å². The van der Waals surface area contributed by atoms with Gasteiger partial charge in [-0.3, -0.25) is 9.59 Å².